The van der Waals surface area contributed by atoms with Gasteiger partial charge in [0.2, 0.25) is 5.91 Å². The minimum atomic E-state index is -0.183. The Morgan fingerprint density at radius 1 is 1.26 bits per heavy atom. The molecule has 0 bridgehead atoms. The summed E-state index contributed by atoms with van der Waals surface area (Å²) in [6.07, 6.45) is 2.46. The van der Waals surface area contributed by atoms with Crippen LogP contribution in [0.2, 0.25) is 0 Å². The Hall–Kier alpha value is -1.92. The Kier molecular flexibility index (Phi) is 4.93. The normalized spacial score (nSPS) is 13.7. The number of hydrogen-bond donors (Lipinski definition) is 2. The van der Waals surface area contributed by atoms with E-state index < -0.39 is 0 Å². The molecule has 0 aromatic heterocycles. The summed E-state index contributed by atoms with van der Waals surface area (Å²) in [6.45, 7) is 0. The van der Waals surface area contributed by atoms with E-state index in [1.807, 2.05) is 36.6 Å². The molecule has 23 heavy (non-hydrogen) atoms. The highest BCUT2D eigenvalue weighted by atomic mass is 32.2. The van der Waals surface area contributed by atoms with Crippen LogP contribution in [0.15, 0.2) is 52.3 Å². The quantitative estimate of drug-likeness (QED) is 0.823. The number of carbonyl (C=O) groups is 2. The molecule has 1 aliphatic rings. The van der Waals surface area contributed by atoms with Crippen LogP contribution >= 0.6 is 23.5 Å². The van der Waals surface area contributed by atoms with Crippen LogP contribution in [0.5, 0.6) is 0 Å². The lowest BCUT2D eigenvalue weighted by atomic mass is 10.1. The third kappa shape index (κ3) is 3.71. The Morgan fingerprint density at radius 3 is 2.91 bits per heavy atom. The van der Waals surface area contributed by atoms with Gasteiger partial charge in [-0.25, -0.2) is 0 Å². The minimum Gasteiger partial charge on any atom is -0.325 e. The first-order valence-corrected chi connectivity index (χ1v) is 9.39. The number of nitrogens with one attached hydrogen (secondary N) is 2. The molecule has 2 aromatic rings. The fourth-order valence-corrected chi connectivity index (χ4v) is 3.79. The molecule has 4 nitrogen and oxygen atoms in total. The van der Waals surface area contributed by atoms with Gasteiger partial charge in [0.25, 0.3) is 5.91 Å². The number of rotatable bonds is 3. The molecule has 0 aliphatic carbocycles. The average molecular weight is 344 g/mol. The third-order valence-electron chi connectivity index (χ3n) is 3.46. The maximum atomic E-state index is 12.5. The third-order valence-corrected chi connectivity index (χ3v) is 5.33. The number of carbonyl (C=O) groups excluding carboxylic acids is 2. The monoisotopic (exact) mass is 344 g/mol. The lowest BCUT2D eigenvalue weighted by Gasteiger charge is -2.11. The first-order chi connectivity index (χ1) is 11.2. The van der Waals surface area contributed by atoms with Gasteiger partial charge in [0, 0.05) is 27.5 Å². The highest BCUT2D eigenvalue weighted by Crippen LogP contribution is 2.32. The second kappa shape index (κ2) is 7.10. The van der Waals surface area contributed by atoms with E-state index in [-0.39, 0.29) is 11.8 Å². The SMILES string of the molecule is CSc1ccccc1NC(=O)c1ccc2c(c1)NC(=O)CCS2. The number of para-hydroxylation sites is 1. The lowest BCUT2D eigenvalue weighted by molar-refractivity contribution is -0.115. The number of benzene rings is 2. The van der Waals surface area contributed by atoms with Crippen molar-refractivity contribution in [3.05, 3.63) is 48.0 Å². The smallest absolute Gasteiger partial charge is 0.255 e. The molecule has 0 saturated heterocycles. The van der Waals surface area contributed by atoms with Crippen molar-refractivity contribution < 1.29 is 9.59 Å². The van der Waals surface area contributed by atoms with Crippen LogP contribution in [0, 0.1) is 0 Å². The molecule has 2 N–H and O–H groups in total. The molecule has 0 fully saturated rings. The van der Waals surface area contributed by atoms with E-state index in [0.29, 0.717) is 17.7 Å². The van der Waals surface area contributed by atoms with Crippen molar-refractivity contribution in [2.45, 2.75) is 16.2 Å². The van der Waals surface area contributed by atoms with Gasteiger partial charge in [-0.1, -0.05) is 12.1 Å². The summed E-state index contributed by atoms with van der Waals surface area (Å²) < 4.78 is 0. The topological polar surface area (TPSA) is 58.2 Å². The number of thioether (sulfide) groups is 2. The molecule has 0 atom stereocenters. The first-order valence-electron chi connectivity index (χ1n) is 7.18. The van der Waals surface area contributed by atoms with Crippen LogP contribution in [-0.2, 0) is 4.79 Å². The summed E-state index contributed by atoms with van der Waals surface area (Å²) in [5, 5.41) is 5.79. The molecule has 0 unspecified atom stereocenters. The van der Waals surface area contributed by atoms with E-state index in [0.717, 1.165) is 21.2 Å². The van der Waals surface area contributed by atoms with E-state index in [4.69, 9.17) is 0 Å². The highest BCUT2D eigenvalue weighted by Gasteiger charge is 2.16. The molecule has 2 amide bonds. The van der Waals surface area contributed by atoms with Gasteiger partial charge in [-0.15, -0.1) is 23.5 Å². The van der Waals surface area contributed by atoms with E-state index in [2.05, 4.69) is 10.6 Å². The van der Waals surface area contributed by atoms with Crippen molar-refractivity contribution in [1.29, 1.82) is 0 Å². The van der Waals surface area contributed by atoms with Crippen molar-refractivity contribution in [3.63, 3.8) is 0 Å². The van der Waals surface area contributed by atoms with Crippen LogP contribution in [0.1, 0.15) is 16.8 Å². The first kappa shape index (κ1) is 16.0. The van der Waals surface area contributed by atoms with E-state index in [1.165, 1.54) is 0 Å². The summed E-state index contributed by atoms with van der Waals surface area (Å²) in [7, 11) is 0. The van der Waals surface area contributed by atoms with Gasteiger partial charge in [-0.05, 0) is 36.6 Å². The lowest BCUT2D eigenvalue weighted by Crippen LogP contribution is -2.14. The van der Waals surface area contributed by atoms with Crippen molar-refractivity contribution in [1.82, 2.24) is 0 Å². The van der Waals surface area contributed by atoms with Crippen LogP contribution in [0.3, 0.4) is 0 Å². The van der Waals surface area contributed by atoms with Gasteiger partial charge in [0.05, 0.1) is 11.4 Å². The fourth-order valence-electron chi connectivity index (χ4n) is 2.30. The standard InChI is InChI=1S/C17H16N2O2S2/c1-22-14-5-3-2-4-12(14)19-17(21)11-6-7-15-13(10-11)18-16(20)8-9-23-15/h2-7,10H,8-9H2,1H3,(H,18,20)(H,19,21). The fraction of sp³-hybridized carbons (Fsp3) is 0.176. The van der Waals surface area contributed by atoms with Crippen molar-refractivity contribution in [3.8, 4) is 0 Å². The average Bonchev–Trinajstić information content (AvgIpc) is 2.75. The van der Waals surface area contributed by atoms with E-state index in [1.54, 1.807) is 35.7 Å². The van der Waals surface area contributed by atoms with Gasteiger partial charge in [-0.3, -0.25) is 9.59 Å². The summed E-state index contributed by atoms with van der Waals surface area (Å²) in [6, 6.07) is 13.1. The molecule has 2 aromatic carbocycles. The van der Waals surface area contributed by atoms with E-state index >= 15 is 0 Å². The zero-order valence-electron chi connectivity index (χ0n) is 12.6. The Morgan fingerprint density at radius 2 is 2.09 bits per heavy atom. The molecule has 0 spiro atoms. The maximum Gasteiger partial charge on any atom is 0.255 e. The molecule has 1 aliphatic heterocycles. The Labute approximate surface area is 143 Å². The predicted octanol–water partition coefficient (Wildman–Crippen LogP) is 4.10. The molecule has 6 heteroatoms. The molecular weight excluding hydrogens is 328 g/mol. The van der Waals surface area contributed by atoms with Gasteiger partial charge >= 0.3 is 0 Å². The summed E-state index contributed by atoms with van der Waals surface area (Å²) in [4.78, 5) is 26.2. The maximum absolute atomic E-state index is 12.5. The molecule has 1 heterocycles. The molecule has 3 rings (SSSR count). The Balaban J connectivity index is 1.84. The number of fused-ring (bicyclic) bond motifs is 1. The molecule has 0 saturated carbocycles. The second-order valence-electron chi connectivity index (χ2n) is 5.01. The zero-order chi connectivity index (χ0) is 16.2. The van der Waals surface area contributed by atoms with Crippen LogP contribution < -0.4 is 10.6 Å². The Bertz CT molecular complexity index is 762. The van der Waals surface area contributed by atoms with Crippen molar-refractivity contribution in [2.24, 2.45) is 0 Å². The van der Waals surface area contributed by atoms with Crippen molar-refractivity contribution in [2.75, 3.05) is 22.6 Å². The number of amides is 2. The second-order valence-corrected chi connectivity index (χ2v) is 7.00. The predicted molar refractivity (Wildman–Crippen MR) is 96.6 cm³/mol. The number of anilines is 2. The van der Waals surface area contributed by atoms with Gasteiger partial charge < -0.3 is 10.6 Å². The summed E-state index contributed by atoms with van der Waals surface area (Å²) in [5.41, 5.74) is 2.03. The summed E-state index contributed by atoms with van der Waals surface area (Å²) in [5.74, 6) is 0.560. The summed E-state index contributed by atoms with van der Waals surface area (Å²) >= 11 is 3.21. The minimum absolute atomic E-state index is 0.0125. The molecule has 0 radical (unpaired) electrons. The molecule has 118 valence electrons. The highest BCUT2D eigenvalue weighted by molar-refractivity contribution is 7.99. The van der Waals surface area contributed by atoms with Crippen molar-refractivity contribution >= 4 is 46.7 Å². The van der Waals surface area contributed by atoms with Gasteiger partial charge in [-0.2, -0.15) is 0 Å². The zero-order valence-corrected chi connectivity index (χ0v) is 14.2. The van der Waals surface area contributed by atoms with Gasteiger partial charge in [0.15, 0.2) is 0 Å². The van der Waals surface area contributed by atoms with E-state index in [9.17, 15) is 9.59 Å². The largest absolute Gasteiger partial charge is 0.325 e. The van der Waals surface area contributed by atoms with Crippen LogP contribution in [-0.4, -0.2) is 23.8 Å². The van der Waals surface area contributed by atoms with Crippen LogP contribution in [0.25, 0.3) is 0 Å². The number of hydrogen-bond acceptors (Lipinski definition) is 4. The molecular formula is C17H16N2O2S2. The van der Waals surface area contributed by atoms with Crippen LogP contribution in [0.4, 0.5) is 11.4 Å². The van der Waals surface area contributed by atoms with Gasteiger partial charge in [0.1, 0.15) is 0 Å².